The molecule has 2 aromatic heterocycles. The number of aliphatic hydroxyl groups is 1. The predicted molar refractivity (Wildman–Crippen MR) is 81.5 cm³/mol. The molecule has 22 heavy (non-hydrogen) atoms. The summed E-state index contributed by atoms with van der Waals surface area (Å²) in [6.45, 7) is 1.94. The molecule has 0 aromatic carbocycles. The lowest BCUT2D eigenvalue weighted by Crippen LogP contribution is -2.41. The Bertz CT molecular complexity index is 668. The molecule has 2 unspecified atom stereocenters. The largest absolute Gasteiger partial charge is 0.396 e. The fourth-order valence-corrected chi connectivity index (χ4v) is 3.11. The van der Waals surface area contributed by atoms with E-state index < -0.39 is 0 Å². The Morgan fingerprint density at radius 1 is 1.41 bits per heavy atom. The first-order valence-electron chi connectivity index (χ1n) is 7.83. The molecule has 6 heteroatoms. The molecular formula is C16H21N3O3. The van der Waals surface area contributed by atoms with Crippen LogP contribution in [0.4, 0.5) is 0 Å². The van der Waals surface area contributed by atoms with Gasteiger partial charge in [0.2, 0.25) is 0 Å². The lowest BCUT2D eigenvalue weighted by Gasteiger charge is -2.24. The molecule has 0 saturated heterocycles. The molecular weight excluding hydrogens is 282 g/mol. The summed E-state index contributed by atoms with van der Waals surface area (Å²) < 4.78 is 5.06. The number of aryl methyl sites for hydroxylation is 1. The van der Waals surface area contributed by atoms with Gasteiger partial charge in [-0.05, 0) is 25.8 Å². The normalized spacial score (nSPS) is 22.5. The van der Waals surface area contributed by atoms with E-state index in [1.54, 1.807) is 6.07 Å². The molecule has 0 bridgehead atoms. The molecule has 118 valence electrons. The average molecular weight is 303 g/mol. The molecule has 2 N–H and O–H groups in total. The summed E-state index contributed by atoms with van der Waals surface area (Å²) in [6.07, 6.45) is 6.75. The van der Waals surface area contributed by atoms with Crippen LogP contribution in [-0.2, 0) is 0 Å². The van der Waals surface area contributed by atoms with Gasteiger partial charge in [-0.3, -0.25) is 4.79 Å². The molecule has 0 aliphatic heterocycles. The van der Waals surface area contributed by atoms with Gasteiger partial charge in [0.25, 0.3) is 11.6 Å². The molecule has 1 saturated carbocycles. The van der Waals surface area contributed by atoms with Crippen molar-refractivity contribution in [2.45, 2.75) is 45.1 Å². The highest BCUT2D eigenvalue weighted by Crippen LogP contribution is 2.24. The Balaban J connectivity index is 1.78. The Morgan fingerprint density at radius 3 is 3.05 bits per heavy atom. The highest BCUT2D eigenvalue weighted by molar-refractivity contribution is 5.97. The summed E-state index contributed by atoms with van der Waals surface area (Å²) in [7, 11) is 0. The third-order valence-electron chi connectivity index (χ3n) is 4.48. The summed E-state index contributed by atoms with van der Waals surface area (Å²) in [4.78, 5) is 16.6. The first-order valence-corrected chi connectivity index (χ1v) is 7.83. The molecule has 2 atom stereocenters. The van der Waals surface area contributed by atoms with E-state index in [4.69, 9.17) is 4.52 Å². The number of aliphatic hydroxyl groups excluding tert-OH is 1. The van der Waals surface area contributed by atoms with Crippen molar-refractivity contribution in [3.05, 3.63) is 23.5 Å². The summed E-state index contributed by atoms with van der Waals surface area (Å²) in [5, 5.41) is 17.2. The van der Waals surface area contributed by atoms with Crippen LogP contribution in [0.15, 0.2) is 16.8 Å². The summed E-state index contributed by atoms with van der Waals surface area (Å²) in [5.74, 6) is -0.0131. The van der Waals surface area contributed by atoms with Crippen molar-refractivity contribution < 1.29 is 14.4 Å². The summed E-state index contributed by atoms with van der Waals surface area (Å²) >= 11 is 0. The monoisotopic (exact) mass is 303 g/mol. The zero-order valence-corrected chi connectivity index (χ0v) is 12.7. The highest BCUT2D eigenvalue weighted by atomic mass is 16.5. The van der Waals surface area contributed by atoms with Crippen LogP contribution in [0.1, 0.15) is 48.2 Å². The van der Waals surface area contributed by atoms with Gasteiger partial charge in [0.1, 0.15) is 0 Å². The fraction of sp³-hybridized carbons (Fsp3) is 0.562. The van der Waals surface area contributed by atoms with Crippen LogP contribution in [0.25, 0.3) is 11.1 Å². The first kappa shape index (κ1) is 15.0. The highest BCUT2D eigenvalue weighted by Gasteiger charge is 2.25. The maximum atomic E-state index is 12.5. The standard InChI is InChI=1S/C16H21N3O3/c1-10-13-7-12(8-17-16(13)22-19-10)15(21)18-14-6-4-2-3-5-11(14)9-20/h7-8,11,14,20H,2-6,9H2,1H3,(H,18,21). The van der Waals surface area contributed by atoms with Crippen LogP contribution < -0.4 is 5.32 Å². The van der Waals surface area contributed by atoms with Crippen LogP contribution in [0.2, 0.25) is 0 Å². The Labute approximate surface area is 128 Å². The molecule has 0 radical (unpaired) electrons. The lowest BCUT2D eigenvalue weighted by molar-refractivity contribution is 0.0899. The van der Waals surface area contributed by atoms with E-state index >= 15 is 0 Å². The third kappa shape index (κ3) is 2.97. The van der Waals surface area contributed by atoms with E-state index in [0.29, 0.717) is 11.3 Å². The second kappa shape index (κ2) is 6.44. The quantitative estimate of drug-likeness (QED) is 0.849. The van der Waals surface area contributed by atoms with Crippen LogP contribution >= 0.6 is 0 Å². The fourth-order valence-electron chi connectivity index (χ4n) is 3.11. The summed E-state index contributed by atoms with van der Waals surface area (Å²) in [5.41, 5.74) is 1.66. The third-order valence-corrected chi connectivity index (χ3v) is 4.48. The first-order chi connectivity index (χ1) is 10.7. The number of nitrogens with zero attached hydrogens (tertiary/aromatic N) is 2. The number of carbonyl (C=O) groups excluding carboxylic acids is 1. The van der Waals surface area contributed by atoms with Crippen molar-refractivity contribution in [1.82, 2.24) is 15.5 Å². The topological polar surface area (TPSA) is 88.2 Å². The number of hydrogen-bond donors (Lipinski definition) is 2. The van der Waals surface area contributed by atoms with Gasteiger partial charge in [0.15, 0.2) is 0 Å². The van der Waals surface area contributed by atoms with Crippen molar-refractivity contribution in [2.24, 2.45) is 5.92 Å². The number of amides is 1. The zero-order valence-electron chi connectivity index (χ0n) is 12.7. The SMILES string of the molecule is Cc1noc2ncc(C(=O)NC3CCCCCC3CO)cc12. The van der Waals surface area contributed by atoms with Crippen LogP contribution in [0, 0.1) is 12.8 Å². The van der Waals surface area contributed by atoms with Crippen molar-refractivity contribution in [3.63, 3.8) is 0 Å². The van der Waals surface area contributed by atoms with Crippen molar-refractivity contribution in [3.8, 4) is 0 Å². The van der Waals surface area contributed by atoms with Gasteiger partial charge >= 0.3 is 0 Å². The molecule has 0 spiro atoms. The second-order valence-electron chi connectivity index (χ2n) is 6.01. The molecule has 6 nitrogen and oxygen atoms in total. The molecule has 1 amide bonds. The molecule has 3 rings (SSSR count). The minimum Gasteiger partial charge on any atom is -0.396 e. The lowest BCUT2D eigenvalue weighted by atomic mass is 9.95. The minimum atomic E-state index is -0.152. The smallest absolute Gasteiger partial charge is 0.257 e. The Kier molecular flexibility index (Phi) is 4.38. The number of carbonyl (C=O) groups is 1. The summed E-state index contributed by atoms with van der Waals surface area (Å²) in [6, 6.07) is 1.79. The number of rotatable bonds is 3. The van der Waals surface area contributed by atoms with Gasteiger partial charge in [-0.2, -0.15) is 0 Å². The number of nitrogens with one attached hydrogen (secondary N) is 1. The molecule has 2 heterocycles. The van der Waals surface area contributed by atoms with Crippen LogP contribution in [-0.4, -0.2) is 33.8 Å². The van der Waals surface area contributed by atoms with E-state index in [9.17, 15) is 9.90 Å². The van der Waals surface area contributed by atoms with Crippen molar-refractivity contribution in [1.29, 1.82) is 0 Å². The van der Waals surface area contributed by atoms with Crippen molar-refractivity contribution in [2.75, 3.05) is 6.61 Å². The predicted octanol–water partition coefficient (Wildman–Crippen LogP) is 2.20. The van der Waals surface area contributed by atoms with Crippen molar-refractivity contribution >= 4 is 17.0 Å². The number of hydrogen-bond acceptors (Lipinski definition) is 5. The Hall–Kier alpha value is -1.95. The van der Waals surface area contributed by atoms with Crippen LogP contribution in [0.3, 0.4) is 0 Å². The second-order valence-corrected chi connectivity index (χ2v) is 6.01. The van der Waals surface area contributed by atoms with Crippen LogP contribution in [0.5, 0.6) is 0 Å². The Morgan fingerprint density at radius 2 is 2.23 bits per heavy atom. The minimum absolute atomic E-state index is 0.0271. The van der Waals surface area contributed by atoms with Gasteiger partial charge in [-0.15, -0.1) is 0 Å². The van der Waals surface area contributed by atoms with Gasteiger partial charge < -0.3 is 14.9 Å². The number of fused-ring (bicyclic) bond motifs is 1. The van der Waals surface area contributed by atoms with Gasteiger partial charge in [-0.1, -0.05) is 24.4 Å². The molecule has 2 aromatic rings. The molecule has 1 fully saturated rings. The maximum Gasteiger partial charge on any atom is 0.257 e. The molecule has 1 aliphatic rings. The maximum absolute atomic E-state index is 12.5. The average Bonchev–Trinajstić information content (AvgIpc) is 2.76. The van der Waals surface area contributed by atoms with Gasteiger partial charge in [0.05, 0.1) is 16.6 Å². The zero-order chi connectivity index (χ0) is 15.5. The van der Waals surface area contributed by atoms with E-state index in [-0.39, 0.29) is 24.5 Å². The van der Waals surface area contributed by atoms with E-state index in [2.05, 4.69) is 15.5 Å². The van der Waals surface area contributed by atoms with Gasteiger partial charge in [-0.25, -0.2) is 4.98 Å². The van der Waals surface area contributed by atoms with Gasteiger partial charge in [0, 0.05) is 24.8 Å². The van der Waals surface area contributed by atoms with E-state index in [1.807, 2.05) is 6.92 Å². The molecule has 1 aliphatic carbocycles. The number of aromatic nitrogens is 2. The van der Waals surface area contributed by atoms with E-state index in [0.717, 1.165) is 43.2 Å². The number of pyridine rings is 1. The van der Waals surface area contributed by atoms with E-state index in [1.165, 1.54) is 6.20 Å².